The number of hydrogen-bond acceptors (Lipinski definition) is 2. The summed E-state index contributed by atoms with van der Waals surface area (Å²) in [6, 6.07) is 3.94. The van der Waals surface area contributed by atoms with Crippen molar-refractivity contribution in [1.82, 2.24) is 10.6 Å². The van der Waals surface area contributed by atoms with E-state index in [2.05, 4.69) is 17.6 Å². The molecule has 19 heavy (non-hydrogen) atoms. The molecule has 4 heteroatoms. The first-order chi connectivity index (χ1) is 9.20. The molecule has 0 bridgehead atoms. The molecule has 2 atom stereocenters. The van der Waals surface area contributed by atoms with Crippen LogP contribution in [-0.4, -0.2) is 19.1 Å². The predicted molar refractivity (Wildman–Crippen MR) is 77.3 cm³/mol. The van der Waals surface area contributed by atoms with Crippen LogP contribution in [0.3, 0.4) is 0 Å². The van der Waals surface area contributed by atoms with Crippen LogP contribution in [0.4, 0.5) is 8.78 Å². The Bertz CT molecular complexity index is 386. The van der Waals surface area contributed by atoms with Crippen LogP contribution in [0, 0.1) is 11.6 Å². The van der Waals surface area contributed by atoms with Gasteiger partial charge < -0.3 is 10.6 Å². The van der Waals surface area contributed by atoms with Crippen LogP contribution >= 0.6 is 0 Å². The minimum absolute atomic E-state index is 0. The van der Waals surface area contributed by atoms with Gasteiger partial charge in [-0.05, 0) is 44.1 Å². The van der Waals surface area contributed by atoms with Crippen molar-refractivity contribution in [1.29, 1.82) is 0 Å². The zero-order valence-electron chi connectivity index (χ0n) is 12.0. The molecule has 1 heterocycles. The molecule has 1 fully saturated rings. The fourth-order valence-electron chi connectivity index (χ4n) is 2.41. The van der Waals surface area contributed by atoms with Crippen molar-refractivity contribution >= 4 is 0 Å². The summed E-state index contributed by atoms with van der Waals surface area (Å²) >= 11 is 0. The van der Waals surface area contributed by atoms with Crippen molar-refractivity contribution in [2.45, 2.75) is 45.7 Å². The monoisotopic (exact) mass is 272 g/mol. The summed E-state index contributed by atoms with van der Waals surface area (Å²) < 4.78 is 26.8. The first-order valence-corrected chi connectivity index (χ1v) is 7.12. The molecule has 0 spiro atoms. The van der Waals surface area contributed by atoms with E-state index >= 15 is 0 Å². The van der Waals surface area contributed by atoms with Gasteiger partial charge in [0.25, 0.3) is 0 Å². The maximum Gasteiger partial charge on any atom is 0.128 e. The fourth-order valence-corrected chi connectivity index (χ4v) is 2.41. The molecule has 1 aromatic carbocycles. The molecule has 1 saturated heterocycles. The van der Waals surface area contributed by atoms with Gasteiger partial charge >= 0.3 is 0 Å². The van der Waals surface area contributed by atoms with Gasteiger partial charge in [0.05, 0.1) is 0 Å². The normalized spacial score (nSPS) is 22.6. The Balaban J connectivity index is 0.00000115. The minimum atomic E-state index is -0.381. The highest BCUT2D eigenvalue weighted by molar-refractivity contribution is 5.23. The first-order valence-electron chi connectivity index (χ1n) is 7.12. The Morgan fingerprint density at radius 2 is 2.11 bits per heavy atom. The lowest BCUT2D eigenvalue weighted by molar-refractivity contribution is 0.321. The van der Waals surface area contributed by atoms with Crippen LogP contribution in [0.25, 0.3) is 0 Å². The van der Waals surface area contributed by atoms with E-state index < -0.39 is 0 Å². The number of benzene rings is 1. The van der Waals surface area contributed by atoms with Crippen molar-refractivity contribution in [3.05, 3.63) is 35.4 Å². The lowest BCUT2D eigenvalue weighted by Gasteiger charge is -2.31. The third-order valence-electron chi connectivity index (χ3n) is 3.23. The molecule has 1 aromatic rings. The number of piperidine rings is 1. The van der Waals surface area contributed by atoms with E-state index in [4.69, 9.17) is 0 Å². The second kappa shape index (κ2) is 8.23. The zero-order valence-corrected chi connectivity index (χ0v) is 12.0. The van der Waals surface area contributed by atoms with E-state index in [9.17, 15) is 8.78 Å². The van der Waals surface area contributed by atoms with Gasteiger partial charge in [-0.15, -0.1) is 0 Å². The maximum absolute atomic E-state index is 13.6. The van der Waals surface area contributed by atoms with Crippen molar-refractivity contribution in [3.8, 4) is 0 Å². The molecular formula is C15H26F2N2. The second-order valence-electron chi connectivity index (χ2n) is 4.45. The Morgan fingerprint density at radius 3 is 2.79 bits per heavy atom. The van der Waals surface area contributed by atoms with Crippen LogP contribution in [0.15, 0.2) is 18.2 Å². The van der Waals surface area contributed by atoms with Crippen molar-refractivity contribution in [3.63, 3.8) is 0 Å². The molecular weight excluding hydrogens is 246 g/mol. The number of halogens is 2. The maximum atomic E-state index is 13.6. The molecule has 0 aliphatic carbocycles. The van der Waals surface area contributed by atoms with Crippen LogP contribution in [-0.2, 0) is 0 Å². The van der Waals surface area contributed by atoms with Gasteiger partial charge in [-0.25, -0.2) is 8.78 Å². The molecule has 110 valence electrons. The van der Waals surface area contributed by atoms with Gasteiger partial charge in [0.2, 0.25) is 0 Å². The topological polar surface area (TPSA) is 24.1 Å². The summed E-state index contributed by atoms with van der Waals surface area (Å²) in [4.78, 5) is 0. The summed E-state index contributed by atoms with van der Waals surface area (Å²) in [7, 11) is 0. The number of nitrogens with one attached hydrogen (secondary N) is 2. The summed E-state index contributed by atoms with van der Waals surface area (Å²) in [6.45, 7) is 7.79. The second-order valence-corrected chi connectivity index (χ2v) is 4.45. The smallest absolute Gasteiger partial charge is 0.128 e. The Labute approximate surface area is 116 Å². The average Bonchev–Trinajstić information content (AvgIpc) is 2.44. The molecule has 0 amide bonds. The quantitative estimate of drug-likeness (QED) is 0.878. The number of rotatable bonds is 3. The van der Waals surface area contributed by atoms with E-state index in [1.807, 2.05) is 13.8 Å². The summed E-state index contributed by atoms with van der Waals surface area (Å²) in [5.74, 6) is -0.713. The molecule has 1 aliphatic heterocycles. The number of hydrogen-bond donors (Lipinski definition) is 2. The summed E-state index contributed by atoms with van der Waals surface area (Å²) in [6.07, 6.45) is 1.83. The highest BCUT2D eigenvalue weighted by atomic mass is 19.1. The molecule has 2 N–H and O–H groups in total. The SMILES string of the molecule is CC.CCN[C@@H]1CCN[C@H](c2cc(F)ccc2F)C1.[HH]. The third-order valence-corrected chi connectivity index (χ3v) is 3.23. The minimum Gasteiger partial charge on any atom is -0.314 e. The standard InChI is InChI=1S/C13H18F2N2.C2H6.H2/c1-2-16-10-5-6-17-13(8-10)11-7-9(14)3-4-12(11)15;1-2;/h3-4,7,10,13,16-17H,2,5-6,8H2,1H3;1-2H3;1H/t10-,13+;;/m1../s1. The van der Waals surface area contributed by atoms with Gasteiger partial charge in [0.1, 0.15) is 11.6 Å². The van der Waals surface area contributed by atoms with Crippen molar-refractivity contribution in [2.75, 3.05) is 13.1 Å². The van der Waals surface area contributed by atoms with E-state index in [0.29, 0.717) is 11.6 Å². The molecule has 1 aliphatic rings. The van der Waals surface area contributed by atoms with Crippen LogP contribution < -0.4 is 10.6 Å². The van der Waals surface area contributed by atoms with E-state index in [1.54, 1.807) is 0 Å². The van der Waals surface area contributed by atoms with Gasteiger partial charge in [-0.2, -0.15) is 0 Å². The molecule has 0 radical (unpaired) electrons. The first kappa shape index (κ1) is 16.1. The fraction of sp³-hybridized carbons (Fsp3) is 0.600. The van der Waals surface area contributed by atoms with E-state index in [-0.39, 0.29) is 19.1 Å². The largest absolute Gasteiger partial charge is 0.314 e. The summed E-state index contributed by atoms with van der Waals surface area (Å²) in [5.41, 5.74) is 0.438. The van der Waals surface area contributed by atoms with Crippen molar-refractivity contribution < 1.29 is 10.2 Å². The van der Waals surface area contributed by atoms with Gasteiger partial charge in [-0.1, -0.05) is 20.8 Å². The van der Waals surface area contributed by atoms with Gasteiger partial charge in [0, 0.05) is 19.1 Å². The average molecular weight is 272 g/mol. The highest BCUT2D eigenvalue weighted by Crippen LogP contribution is 2.26. The van der Waals surface area contributed by atoms with Crippen molar-refractivity contribution in [2.24, 2.45) is 0 Å². The predicted octanol–water partition coefficient (Wildman–Crippen LogP) is 3.64. The molecule has 0 saturated carbocycles. The zero-order chi connectivity index (χ0) is 14.3. The molecule has 0 unspecified atom stereocenters. The Hall–Kier alpha value is -1.00. The third kappa shape index (κ3) is 4.55. The van der Waals surface area contributed by atoms with E-state index in [1.165, 1.54) is 12.1 Å². The summed E-state index contributed by atoms with van der Waals surface area (Å²) in [5, 5.41) is 6.61. The van der Waals surface area contributed by atoms with Gasteiger partial charge in [0.15, 0.2) is 0 Å². The molecule has 0 aromatic heterocycles. The van der Waals surface area contributed by atoms with Gasteiger partial charge in [-0.3, -0.25) is 0 Å². The van der Waals surface area contributed by atoms with Crippen LogP contribution in [0.5, 0.6) is 0 Å². The lowest BCUT2D eigenvalue weighted by atomic mass is 9.93. The lowest BCUT2D eigenvalue weighted by Crippen LogP contribution is -2.42. The molecule has 2 rings (SSSR count). The van der Waals surface area contributed by atoms with Crippen LogP contribution in [0.1, 0.15) is 46.6 Å². The van der Waals surface area contributed by atoms with E-state index in [0.717, 1.165) is 32.0 Å². The Kier molecular flexibility index (Phi) is 6.95. The van der Waals surface area contributed by atoms with Crippen LogP contribution in [0.2, 0.25) is 0 Å². The Morgan fingerprint density at radius 1 is 1.37 bits per heavy atom. The highest BCUT2D eigenvalue weighted by Gasteiger charge is 2.24. The molecule has 2 nitrogen and oxygen atoms in total.